The van der Waals surface area contributed by atoms with E-state index in [-0.39, 0.29) is 12.4 Å². The van der Waals surface area contributed by atoms with E-state index in [9.17, 15) is 13.2 Å². The van der Waals surface area contributed by atoms with Gasteiger partial charge in [0, 0.05) is 0 Å². The molecule has 0 aliphatic carbocycles. The first kappa shape index (κ1) is 27.2. The Balaban J connectivity index is 1.31. The smallest absolute Gasteiger partial charge is 0.419 e. The summed E-state index contributed by atoms with van der Waals surface area (Å²) in [5.41, 5.74) is 8.79. The molecule has 1 fully saturated rings. The van der Waals surface area contributed by atoms with Gasteiger partial charge in [-0.25, -0.2) is 0 Å². The molecule has 0 aromatic heterocycles. The molecule has 3 aromatic rings. The molecule has 7 heteroatoms. The number of aryl methyl sites for hydroxylation is 2. The predicted octanol–water partition coefficient (Wildman–Crippen LogP) is 6.80. The van der Waals surface area contributed by atoms with Crippen molar-refractivity contribution in [2.45, 2.75) is 57.0 Å². The van der Waals surface area contributed by atoms with Crippen LogP contribution in [0.2, 0.25) is 0 Å². The third-order valence-corrected chi connectivity index (χ3v) is 6.60. The molecule has 37 heavy (non-hydrogen) atoms. The molecule has 2 N–H and O–H groups in total. The summed E-state index contributed by atoms with van der Waals surface area (Å²) < 4.78 is 58.2. The standard InChI is InChI=1S/C30H34F3NO3/c1-28(2)36-20-29(34,21-37-28)17-16-23-12-15-27(26(19-23)30(31,32)33)35-18-6-7-22-10-13-25(14-11-22)24-8-4-3-5-9-24/h3-5,8-15,19H,6-7,16-18,20-21,34H2,1-2H3. The summed E-state index contributed by atoms with van der Waals surface area (Å²) in [6.07, 6.45) is -2.36. The minimum absolute atomic E-state index is 0.149. The molecule has 0 amide bonds. The lowest BCUT2D eigenvalue weighted by Gasteiger charge is -2.41. The third kappa shape index (κ3) is 7.57. The van der Waals surface area contributed by atoms with E-state index >= 15 is 0 Å². The highest BCUT2D eigenvalue weighted by atomic mass is 19.4. The Morgan fingerprint density at radius 1 is 0.838 bits per heavy atom. The van der Waals surface area contributed by atoms with E-state index in [1.165, 1.54) is 6.07 Å². The van der Waals surface area contributed by atoms with Crippen molar-refractivity contribution in [3.63, 3.8) is 0 Å². The van der Waals surface area contributed by atoms with Gasteiger partial charge in [-0.05, 0) is 73.9 Å². The van der Waals surface area contributed by atoms with Crippen LogP contribution in [0.25, 0.3) is 11.1 Å². The van der Waals surface area contributed by atoms with Crippen molar-refractivity contribution in [1.82, 2.24) is 0 Å². The van der Waals surface area contributed by atoms with Crippen LogP contribution >= 0.6 is 0 Å². The van der Waals surface area contributed by atoms with Gasteiger partial charge in [-0.15, -0.1) is 0 Å². The average Bonchev–Trinajstić information content (AvgIpc) is 2.88. The Morgan fingerprint density at radius 2 is 1.46 bits per heavy atom. The van der Waals surface area contributed by atoms with Gasteiger partial charge in [-0.2, -0.15) is 13.2 Å². The van der Waals surface area contributed by atoms with Crippen LogP contribution in [0.5, 0.6) is 5.75 Å². The monoisotopic (exact) mass is 513 g/mol. The van der Waals surface area contributed by atoms with Crippen molar-refractivity contribution in [3.8, 4) is 16.9 Å². The van der Waals surface area contributed by atoms with Crippen LogP contribution in [-0.4, -0.2) is 31.1 Å². The van der Waals surface area contributed by atoms with Crippen LogP contribution < -0.4 is 10.5 Å². The molecule has 1 saturated heterocycles. The number of benzene rings is 3. The van der Waals surface area contributed by atoms with Crippen molar-refractivity contribution in [3.05, 3.63) is 89.5 Å². The molecule has 0 unspecified atom stereocenters. The van der Waals surface area contributed by atoms with E-state index in [4.69, 9.17) is 19.9 Å². The van der Waals surface area contributed by atoms with Crippen molar-refractivity contribution in [2.24, 2.45) is 5.73 Å². The largest absolute Gasteiger partial charge is 0.493 e. The summed E-state index contributed by atoms with van der Waals surface area (Å²) >= 11 is 0. The molecular weight excluding hydrogens is 479 g/mol. The second kappa shape index (κ2) is 11.3. The second-order valence-corrected chi connectivity index (χ2v) is 10.2. The highest BCUT2D eigenvalue weighted by molar-refractivity contribution is 5.63. The lowest BCUT2D eigenvalue weighted by atomic mass is 9.92. The fraction of sp³-hybridized carbons (Fsp3) is 0.400. The molecular formula is C30H34F3NO3. The molecule has 1 aliphatic heterocycles. The Kier molecular flexibility index (Phi) is 8.26. The maximum Gasteiger partial charge on any atom is 0.419 e. The van der Waals surface area contributed by atoms with Crippen LogP contribution in [0, 0.1) is 0 Å². The van der Waals surface area contributed by atoms with Gasteiger partial charge >= 0.3 is 6.18 Å². The van der Waals surface area contributed by atoms with Crippen molar-refractivity contribution in [2.75, 3.05) is 19.8 Å². The van der Waals surface area contributed by atoms with Crippen LogP contribution in [-0.2, 0) is 28.5 Å². The molecule has 0 radical (unpaired) electrons. The van der Waals surface area contributed by atoms with E-state index < -0.39 is 23.1 Å². The minimum atomic E-state index is -4.51. The van der Waals surface area contributed by atoms with Gasteiger partial charge in [0.15, 0.2) is 5.79 Å². The van der Waals surface area contributed by atoms with E-state index in [0.717, 1.165) is 22.8 Å². The molecule has 0 atom stereocenters. The first-order valence-corrected chi connectivity index (χ1v) is 12.6. The lowest BCUT2D eigenvalue weighted by molar-refractivity contribution is -0.267. The Bertz CT molecular complexity index is 1150. The number of hydrogen-bond donors (Lipinski definition) is 1. The first-order valence-electron chi connectivity index (χ1n) is 12.6. The first-order chi connectivity index (χ1) is 17.5. The Labute approximate surface area is 216 Å². The molecule has 0 spiro atoms. The average molecular weight is 514 g/mol. The quantitative estimate of drug-likeness (QED) is 0.320. The second-order valence-electron chi connectivity index (χ2n) is 10.2. The molecule has 1 heterocycles. The summed E-state index contributed by atoms with van der Waals surface area (Å²) in [5.74, 6) is -0.846. The normalized spacial score (nSPS) is 16.9. The highest BCUT2D eigenvalue weighted by Gasteiger charge is 2.38. The van der Waals surface area contributed by atoms with Crippen LogP contribution in [0.3, 0.4) is 0 Å². The Morgan fingerprint density at radius 3 is 2.11 bits per heavy atom. The zero-order valence-corrected chi connectivity index (χ0v) is 21.3. The number of nitrogens with two attached hydrogens (primary N) is 1. The van der Waals surface area contributed by atoms with Gasteiger partial charge in [-0.1, -0.05) is 60.7 Å². The van der Waals surface area contributed by atoms with Crippen molar-refractivity contribution in [1.29, 1.82) is 0 Å². The Hall–Kier alpha value is -2.87. The summed E-state index contributed by atoms with van der Waals surface area (Å²) in [5, 5.41) is 0. The molecule has 0 bridgehead atoms. The summed E-state index contributed by atoms with van der Waals surface area (Å²) in [4.78, 5) is 0. The number of hydrogen-bond acceptors (Lipinski definition) is 4. The van der Waals surface area contributed by atoms with E-state index in [1.54, 1.807) is 6.07 Å². The van der Waals surface area contributed by atoms with Gasteiger partial charge in [0.1, 0.15) is 5.75 Å². The third-order valence-electron chi connectivity index (χ3n) is 6.60. The minimum Gasteiger partial charge on any atom is -0.493 e. The number of ether oxygens (including phenoxy) is 3. The number of rotatable bonds is 9. The molecule has 3 aromatic carbocycles. The van der Waals surface area contributed by atoms with Gasteiger partial charge in [0.2, 0.25) is 0 Å². The maximum absolute atomic E-state index is 13.8. The van der Waals surface area contributed by atoms with E-state index in [0.29, 0.717) is 44.5 Å². The highest BCUT2D eigenvalue weighted by Crippen LogP contribution is 2.37. The van der Waals surface area contributed by atoms with Gasteiger partial charge in [0.25, 0.3) is 0 Å². The fourth-order valence-electron chi connectivity index (χ4n) is 4.29. The van der Waals surface area contributed by atoms with E-state index in [2.05, 4.69) is 24.3 Å². The molecule has 4 nitrogen and oxygen atoms in total. The van der Waals surface area contributed by atoms with Crippen LogP contribution in [0.15, 0.2) is 72.8 Å². The van der Waals surface area contributed by atoms with Gasteiger partial charge in [-0.3, -0.25) is 0 Å². The molecule has 0 saturated carbocycles. The number of alkyl halides is 3. The van der Waals surface area contributed by atoms with Crippen molar-refractivity contribution >= 4 is 0 Å². The lowest BCUT2D eigenvalue weighted by Crippen LogP contribution is -2.57. The predicted molar refractivity (Wildman–Crippen MR) is 138 cm³/mol. The summed E-state index contributed by atoms with van der Waals surface area (Å²) in [7, 11) is 0. The SMILES string of the molecule is CC1(C)OCC(N)(CCc2ccc(OCCCc3ccc(-c4ccccc4)cc3)c(C(F)(F)F)c2)CO1. The summed E-state index contributed by atoms with van der Waals surface area (Å²) in [6, 6.07) is 22.5. The fourth-order valence-corrected chi connectivity index (χ4v) is 4.29. The van der Waals surface area contributed by atoms with Crippen LogP contribution in [0.4, 0.5) is 13.2 Å². The zero-order valence-electron chi connectivity index (χ0n) is 21.3. The van der Waals surface area contributed by atoms with Gasteiger partial charge < -0.3 is 19.9 Å². The van der Waals surface area contributed by atoms with Crippen molar-refractivity contribution < 1.29 is 27.4 Å². The maximum atomic E-state index is 13.8. The number of halogens is 3. The topological polar surface area (TPSA) is 53.7 Å². The van der Waals surface area contributed by atoms with Crippen LogP contribution in [0.1, 0.15) is 43.4 Å². The summed E-state index contributed by atoms with van der Waals surface area (Å²) in [6.45, 7) is 4.40. The zero-order chi connectivity index (χ0) is 26.5. The molecule has 1 aliphatic rings. The van der Waals surface area contributed by atoms with E-state index in [1.807, 2.05) is 44.2 Å². The van der Waals surface area contributed by atoms with Gasteiger partial charge in [0.05, 0.1) is 30.9 Å². The molecule has 198 valence electrons. The molecule has 4 rings (SSSR count).